The number of carbonyl (C=O) groups is 1. The van der Waals surface area contributed by atoms with E-state index in [2.05, 4.69) is 10.0 Å². The molecule has 0 spiro atoms. The summed E-state index contributed by atoms with van der Waals surface area (Å²) in [6.45, 7) is -0.167. The molecule has 0 atom stereocenters. The molecule has 0 bridgehead atoms. The first-order valence-corrected chi connectivity index (χ1v) is 7.55. The fourth-order valence-corrected chi connectivity index (χ4v) is 2.41. The number of halogens is 1. The van der Waals surface area contributed by atoms with Crippen molar-refractivity contribution in [2.45, 2.75) is 31.7 Å². The van der Waals surface area contributed by atoms with Gasteiger partial charge >= 0.3 is 0 Å². The third-order valence-corrected chi connectivity index (χ3v) is 3.87. The first-order valence-electron chi connectivity index (χ1n) is 5.36. The minimum absolute atomic E-state index is 0.0242. The Balaban J connectivity index is 2.15. The second kappa shape index (κ2) is 6.42. The van der Waals surface area contributed by atoms with Crippen molar-refractivity contribution < 1.29 is 13.2 Å². The van der Waals surface area contributed by atoms with E-state index >= 15 is 0 Å². The summed E-state index contributed by atoms with van der Waals surface area (Å²) < 4.78 is 25.0. The lowest BCUT2D eigenvalue weighted by molar-refractivity contribution is -0.120. The fourth-order valence-electron chi connectivity index (χ4n) is 1.14. The van der Waals surface area contributed by atoms with Gasteiger partial charge in [-0.2, -0.15) is 0 Å². The van der Waals surface area contributed by atoms with Crippen LogP contribution in [-0.4, -0.2) is 38.5 Å². The van der Waals surface area contributed by atoms with Crippen LogP contribution in [0.4, 0.5) is 0 Å². The monoisotopic (exact) mass is 268 g/mol. The SMILES string of the molecule is O=C(CNS(=O)(=O)CCCCCl)NC1CC1. The zero-order chi connectivity index (χ0) is 12.0. The number of hydrogen-bond acceptors (Lipinski definition) is 3. The minimum Gasteiger partial charge on any atom is -0.352 e. The molecule has 5 nitrogen and oxygen atoms in total. The average Bonchev–Trinajstić information content (AvgIpc) is 2.99. The van der Waals surface area contributed by atoms with E-state index in [0.717, 1.165) is 12.8 Å². The topological polar surface area (TPSA) is 75.3 Å². The van der Waals surface area contributed by atoms with Gasteiger partial charge in [-0.25, -0.2) is 13.1 Å². The van der Waals surface area contributed by atoms with E-state index in [4.69, 9.17) is 11.6 Å². The number of nitrogens with one attached hydrogen (secondary N) is 2. The third kappa shape index (κ3) is 6.30. The maximum atomic E-state index is 11.4. The van der Waals surface area contributed by atoms with Crippen LogP contribution in [0.5, 0.6) is 0 Å². The van der Waals surface area contributed by atoms with E-state index in [9.17, 15) is 13.2 Å². The van der Waals surface area contributed by atoms with Crippen LogP contribution in [0.2, 0.25) is 0 Å². The second-order valence-electron chi connectivity index (χ2n) is 3.88. The highest BCUT2D eigenvalue weighted by Gasteiger charge is 2.23. The highest BCUT2D eigenvalue weighted by Crippen LogP contribution is 2.18. The van der Waals surface area contributed by atoms with Crippen LogP contribution in [0.25, 0.3) is 0 Å². The van der Waals surface area contributed by atoms with Crippen molar-refractivity contribution in [3.05, 3.63) is 0 Å². The molecule has 1 saturated carbocycles. The molecule has 94 valence electrons. The predicted octanol–water partition coefficient (Wildman–Crippen LogP) is 0.203. The molecule has 1 aliphatic rings. The summed E-state index contributed by atoms with van der Waals surface area (Å²) in [6.07, 6.45) is 3.17. The summed E-state index contributed by atoms with van der Waals surface area (Å²) >= 11 is 5.44. The van der Waals surface area contributed by atoms with Crippen LogP contribution >= 0.6 is 11.6 Å². The zero-order valence-corrected chi connectivity index (χ0v) is 10.6. The fraction of sp³-hybridized carbons (Fsp3) is 0.889. The van der Waals surface area contributed by atoms with Gasteiger partial charge in [0, 0.05) is 11.9 Å². The Morgan fingerprint density at radius 3 is 2.56 bits per heavy atom. The van der Waals surface area contributed by atoms with Gasteiger partial charge in [0.05, 0.1) is 12.3 Å². The van der Waals surface area contributed by atoms with E-state index in [1.165, 1.54) is 0 Å². The molecule has 1 rings (SSSR count). The van der Waals surface area contributed by atoms with Gasteiger partial charge in [0.15, 0.2) is 0 Å². The van der Waals surface area contributed by atoms with E-state index in [0.29, 0.717) is 18.7 Å². The number of unbranched alkanes of at least 4 members (excludes halogenated alkanes) is 1. The second-order valence-corrected chi connectivity index (χ2v) is 6.18. The quantitative estimate of drug-likeness (QED) is 0.488. The maximum Gasteiger partial charge on any atom is 0.235 e. The van der Waals surface area contributed by atoms with Gasteiger partial charge in [-0.15, -0.1) is 11.6 Å². The van der Waals surface area contributed by atoms with Crippen molar-refractivity contribution in [2.24, 2.45) is 0 Å². The first kappa shape index (κ1) is 13.7. The largest absolute Gasteiger partial charge is 0.352 e. The summed E-state index contributed by atoms with van der Waals surface area (Å²) in [4.78, 5) is 11.2. The number of sulfonamides is 1. The van der Waals surface area contributed by atoms with Gasteiger partial charge in [-0.3, -0.25) is 4.79 Å². The Morgan fingerprint density at radius 1 is 1.31 bits per heavy atom. The van der Waals surface area contributed by atoms with Crippen molar-refractivity contribution in [1.29, 1.82) is 0 Å². The molecule has 1 aliphatic carbocycles. The van der Waals surface area contributed by atoms with Crippen molar-refractivity contribution in [3.63, 3.8) is 0 Å². The first-order chi connectivity index (χ1) is 7.53. The molecule has 1 amide bonds. The maximum absolute atomic E-state index is 11.4. The van der Waals surface area contributed by atoms with Crippen LogP contribution in [0.15, 0.2) is 0 Å². The minimum atomic E-state index is -3.33. The van der Waals surface area contributed by atoms with Crippen molar-refractivity contribution in [1.82, 2.24) is 10.0 Å². The summed E-state index contributed by atoms with van der Waals surface area (Å²) in [5, 5.41) is 2.71. The normalized spacial score (nSPS) is 16.1. The molecule has 0 unspecified atom stereocenters. The summed E-state index contributed by atoms with van der Waals surface area (Å²) in [7, 11) is -3.33. The molecule has 2 N–H and O–H groups in total. The van der Waals surface area contributed by atoms with Gasteiger partial charge in [0.1, 0.15) is 0 Å². The molecule has 0 radical (unpaired) electrons. The number of hydrogen-bond donors (Lipinski definition) is 2. The summed E-state index contributed by atoms with van der Waals surface area (Å²) in [5.41, 5.74) is 0. The molecule has 0 heterocycles. The van der Waals surface area contributed by atoms with Crippen LogP contribution in [0, 0.1) is 0 Å². The number of amides is 1. The third-order valence-electron chi connectivity index (χ3n) is 2.19. The van der Waals surface area contributed by atoms with Gasteiger partial charge in [0.2, 0.25) is 15.9 Å². The van der Waals surface area contributed by atoms with Crippen LogP contribution in [-0.2, 0) is 14.8 Å². The lowest BCUT2D eigenvalue weighted by atomic mass is 10.4. The van der Waals surface area contributed by atoms with Crippen molar-refractivity contribution in [3.8, 4) is 0 Å². The average molecular weight is 269 g/mol. The van der Waals surface area contributed by atoms with Gasteiger partial charge in [-0.1, -0.05) is 0 Å². The summed E-state index contributed by atoms with van der Waals surface area (Å²) in [6, 6.07) is 0.258. The molecular weight excluding hydrogens is 252 g/mol. The molecule has 0 saturated heterocycles. The lowest BCUT2D eigenvalue weighted by Crippen LogP contribution is -2.38. The smallest absolute Gasteiger partial charge is 0.235 e. The highest BCUT2D eigenvalue weighted by molar-refractivity contribution is 7.89. The standard InChI is InChI=1S/C9H17ClN2O3S/c10-5-1-2-6-16(14,15)11-7-9(13)12-8-3-4-8/h8,11H,1-7H2,(H,12,13). The van der Waals surface area contributed by atoms with E-state index < -0.39 is 10.0 Å². The Labute approximate surface area is 101 Å². The number of alkyl halides is 1. The van der Waals surface area contributed by atoms with Gasteiger partial charge < -0.3 is 5.32 Å². The van der Waals surface area contributed by atoms with Gasteiger partial charge in [0.25, 0.3) is 0 Å². The Hall–Kier alpha value is -0.330. The molecular formula is C9H17ClN2O3S. The van der Waals surface area contributed by atoms with Crippen LogP contribution < -0.4 is 10.0 Å². The Bertz CT molecular complexity index is 328. The molecule has 0 aliphatic heterocycles. The van der Waals surface area contributed by atoms with Crippen LogP contribution in [0.3, 0.4) is 0 Å². The van der Waals surface area contributed by atoms with Crippen molar-refractivity contribution in [2.75, 3.05) is 18.2 Å². The highest BCUT2D eigenvalue weighted by atomic mass is 35.5. The van der Waals surface area contributed by atoms with E-state index in [1.807, 2.05) is 0 Å². The molecule has 0 aromatic rings. The van der Waals surface area contributed by atoms with Crippen LogP contribution in [0.1, 0.15) is 25.7 Å². The van der Waals surface area contributed by atoms with E-state index in [1.54, 1.807) is 0 Å². The molecule has 0 aromatic heterocycles. The molecule has 1 fully saturated rings. The zero-order valence-electron chi connectivity index (χ0n) is 9.04. The molecule has 16 heavy (non-hydrogen) atoms. The Kier molecular flexibility index (Phi) is 5.51. The Morgan fingerprint density at radius 2 is 2.00 bits per heavy atom. The summed E-state index contributed by atoms with van der Waals surface area (Å²) in [5.74, 6) is 0.220. The predicted molar refractivity (Wildman–Crippen MR) is 62.9 cm³/mol. The van der Waals surface area contributed by atoms with Gasteiger partial charge in [-0.05, 0) is 25.7 Å². The lowest BCUT2D eigenvalue weighted by Gasteiger charge is -2.06. The van der Waals surface area contributed by atoms with Crippen molar-refractivity contribution >= 4 is 27.5 Å². The number of rotatable bonds is 8. The van der Waals surface area contributed by atoms with E-state index in [-0.39, 0.29) is 24.2 Å². The molecule has 7 heteroatoms. The molecule has 0 aromatic carbocycles. The number of carbonyl (C=O) groups excluding carboxylic acids is 1.